The summed E-state index contributed by atoms with van der Waals surface area (Å²) >= 11 is 0. The standard InChI is InChI=1S/C16H21NO5/c1-20-14-8-13(15(18)21-2)9-17(10-14)16(19)22-11-12-6-4-3-5-7-12/h3-7,13-14H,8-11H2,1-2H3/t13-,14-/m0/s1. The summed E-state index contributed by atoms with van der Waals surface area (Å²) in [6, 6.07) is 9.45. The molecule has 0 saturated carbocycles. The molecule has 0 unspecified atom stereocenters. The van der Waals surface area contributed by atoms with Crippen LogP contribution in [0.15, 0.2) is 30.3 Å². The monoisotopic (exact) mass is 307 g/mol. The SMILES string of the molecule is COC(=O)[C@H]1C[C@H](OC)CN(C(=O)OCc2ccccc2)C1. The number of likely N-dealkylation sites (tertiary alicyclic amines) is 1. The molecule has 1 fully saturated rings. The molecule has 22 heavy (non-hydrogen) atoms. The van der Waals surface area contributed by atoms with Crippen molar-refractivity contribution in [3.05, 3.63) is 35.9 Å². The molecule has 0 bridgehead atoms. The van der Waals surface area contributed by atoms with Crippen molar-refractivity contribution in [1.82, 2.24) is 4.90 Å². The van der Waals surface area contributed by atoms with Crippen molar-refractivity contribution in [2.45, 2.75) is 19.1 Å². The van der Waals surface area contributed by atoms with E-state index >= 15 is 0 Å². The Hall–Kier alpha value is -2.08. The molecule has 0 spiro atoms. The fourth-order valence-corrected chi connectivity index (χ4v) is 2.52. The van der Waals surface area contributed by atoms with Crippen molar-refractivity contribution in [2.75, 3.05) is 27.3 Å². The van der Waals surface area contributed by atoms with Crippen LogP contribution in [-0.2, 0) is 25.6 Å². The third-order valence-corrected chi connectivity index (χ3v) is 3.74. The highest BCUT2D eigenvalue weighted by molar-refractivity contribution is 5.75. The topological polar surface area (TPSA) is 65.1 Å². The fraction of sp³-hybridized carbons (Fsp3) is 0.500. The summed E-state index contributed by atoms with van der Waals surface area (Å²) in [4.78, 5) is 25.4. The molecule has 1 saturated heterocycles. The number of piperidine rings is 1. The van der Waals surface area contributed by atoms with E-state index in [2.05, 4.69) is 0 Å². The molecule has 1 amide bonds. The zero-order valence-electron chi connectivity index (χ0n) is 12.9. The zero-order valence-corrected chi connectivity index (χ0v) is 12.9. The average Bonchev–Trinajstić information content (AvgIpc) is 2.59. The number of benzene rings is 1. The van der Waals surface area contributed by atoms with Crippen LogP contribution in [0.2, 0.25) is 0 Å². The number of carbonyl (C=O) groups excluding carboxylic acids is 2. The Kier molecular flexibility index (Phi) is 5.77. The van der Waals surface area contributed by atoms with Crippen molar-refractivity contribution in [1.29, 1.82) is 0 Å². The van der Waals surface area contributed by atoms with E-state index in [4.69, 9.17) is 14.2 Å². The van der Waals surface area contributed by atoms with Crippen molar-refractivity contribution in [2.24, 2.45) is 5.92 Å². The van der Waals surface area contributed by atoms with Crippen LogP contribution in [0.3, 0.4) is 0 Å². The molecule has 2 atom stereocenters. The van der Waals surface area contributed by atoms with Crippen molar-refractivity contribution < 1.29 is 23.8 Å². The van der Waals surface area contributed by atoms with Gasteiger partial charge in [-0.25, -0.2) is 4.79 Å². The lowest BCUT2D eigenvalue weighted by molar-refractivity contribution is -0.149. The van der Waals surface area contributed by atoms with E-state index in [0.717, 1.165) is 5.56 Å². The van der Waals surface area contributed by atoms with E-state index in [-0.39, 0.29) is 24.6 Å². The number of amides is 1. The fourth-order valence-electron chi connectivity index (χ4n) is 2.52. The van der Waals surface area contributed by atoms with Crippen LogP contribution < -0.4 is 0 Å². The van der Waals surface area contributed by atoms with Crippen LogP contribution in [0.5, 0.6) is 0 Å². The van der Waals surface area contributed by atoms with E-state index in [9.17, 15) is 9.59 Å². The summed E-state index contributed by atoms with van der Waals surface area (Å²) in [5.74, 6) is -0.712. The molecule has 0 radical (unpaired) electrons. The van der Waals surface area contributed by atoms with E-state index < -0.39 is 6.09 Å². The van der Waals surface area contributed by atoms with Gasteiger partial charge in [0.25, 0.3) is 0 Å². The van der Waals surface area contributed by atoms with Gasteiger partial charge in [-0.05, 0) is 12.0 Å². The van der Waals surface area contributed by atoms with Gasteiger partial charge < -0.3 is 19.1 Å². The van der Waals surface area contributed by atoms with Crippen molar-refractivity contribution in [3.63, 3.8) is 0 Å². The van der Waals surface area contributed by atoms with Gasteiger partial charge >= 0.3 is 12.1 Å². The summed E-state index contributed by atoms with van der Waals surface area (Å²) in [5, 5.41) is 0. The minimum Gasteiger partial charge on any atom is -0.469 e. The quantitative estimate of drug-likeness (QED) is 0.794. The van der Waals surface area contributed by atoms with Crippen LogP contribution in [0.1, 0.15) is 12.0 Å². The molecule has 0 N–H and O–H groups in total. The minimum absolute atomic E-state index is 0.192. The maximum absolute atomic E-state index is 12.2. The summed E-state index contributed by atoms with van der Waals surface area (Å²) in [6.07, 6.45) is -0.0901. The molecule has 1 aliphatic rings. The number of hydrogen-bond donors (Lipinski definition) is 0. The average molecular weight is 307 g/mol. The predicted molar refractivity (Wildman–Crippen MR) is 79.1 cm³/mol. The zero-order chi connectivity index (χ0) is 15.9. The Morgan fingerprint density at radius 2 is 1.91 bits per heavy atom. The minimum atomic E-state index is -0.445. The molecular formula is C16H21NO5. The number of carbonyl (C=O) groups is 2. The second-order valence-corrected chi connectivity index (χ2v) is 5.26. The highest BCUT2D eigenvalue weighted by Gasteiger charge is 2.35. The molecule has 0 aliphatic carbocycles. The van der Waals surface area contributed by atoms with Crippen LogP contribution in [0.4, 0.5) is 4.79 Å². The lowest BCUT2D eigenvalue weighted by atomic mass is 9.96. The first kappa shape index (κ1) is 16.3. The van der Waals surface area contributed by atoms with Gasteiger partial charge in [0.2, 0.25) is 0 Å². The number of nitrogens with zero attached hydrogens (tertiary/aromatic N) is 1. The van der Waals surface area contributed by atoms with Gasteiger partial charge in [0.05, 0.1) is 25.7 Å². The van der Waals surface area contributed by atoms with E-state index in [1.807, 2.05) is 30.3 Å². The lowest BCUT2D eigenvalue weighted by Gasteiger charge is -2.35. The second kappa shape index (κ2) is 7.79. The molecular weight excluding hydrogens is 286 g/mol. The van der Waals surface area contributed by atoms with E-state index in [0.29, 0.717) is 19.5 Å². The molecule has 120 valence electrons. The molecule has 2 rings (SSSR count). The third kappa shape index (κ3) is 4.21. The Balaban J connectivity index is 1.93. The van der Waals surface area contributed by atoms with Gasteiger partial charge in [0.15, 0.2) is 0 Å². The smallest absolute Gasteiger partial charge is 0.410 e. The van der Waals surface area contributed by atoms with Crippen LogP contribution in [0.25, 0.3) is 0 Å². The van der Waals surface area contributed by atoms with Crippen LogP contribution in [-0.4, -0.2) is 50.4 Å². The molecule has 6 nitrogen and oxygen atoms in total. The van der Waals surface area contributed by atoms with Gasteiger partial charge in [0.1, 0.15) is 6.61 Å². The lowest BCUT2D eigenvalue weighted by Crippen LogP contribution is -2.49. The molecule has 1 heterocycles. The van der Waals surface area contributed by atoms with Gasteiger partial charge in [-0.15, -0.1) is 0 Å². The van der Waals surface area contributed by atoms with Gasteiger partial charge in [-0.2, -0.15) is 0 Å². The van der Waals surface area contributed by atoms with Crippen molar-refractivity contribution >= 4 is 12.1 Å². The normalized spacial score (nSPS) is 21.3. The summed E-state index contributed by atoms with van der Waals surface area (Å²) < 4.78 is 15.4. The van der Waals surface area contributed by atoms with E-state index in [1.54, 1.807) is 7.11 Å². The molecule has 6 heteroatoms. The maximum atomic E-state index is 12.2. The van der Waals surface area contributed by atoms with Gasteiger partial charge in [-0.1, -0.05) is 30.3 Å². The molecule has 0 aromatic heterocycles. The Labute approximate surface area is 129 Å². The Morgan fingerprint density at radius 3 is 2.55 bits per heavy atom. The number of rotatable bonds is 4. The highest BCUT2D eigenvalue weighted by Crippen LogP contribution is 2.21. The van der Waals surface area contributed by atoms with Gasteiger partial charge in [0, 0.05) is 13.7 Å². The first-order valence-corrected chi connectivity index (χ1v) is 7.20. The number of ether oxygens (including phenoxy) is 3. The molecule has 1 aromatic carbocycles. The first-order chi connectivity index (χ1) is 10.6. The summed E-state index contributed by atoms with van der Waals surface area (Å²) in [5.41, 5.74) is 0.917. The largest absolute Gasteiger partial charge is 0.469 e. The Morgan fingerprint density at radius 1 is 1.18 bits per heavy atom. The third-order valence-electron chi connectivity index (χ3n) is 3.74. The molecule has 1 aliphatic heterocycles. The molecule has 1 aromatic rings. The second-order valence-electron chi connectivity index (χ2n) is 5.26. The van der Waals surface area contributed by atoms with Gasteiger partial charge in [-0.3, -0.25) is 4.79 Å². The first-order valence-electron chi connectivity index (χ1n) is 7.20. The number of methoxy groups -OCH3 is 2. The van der Waals surface area contributed by atoms with E-state index in [1.165, 1.54) is 12.0 Å². The Bertz CT molecular complexity index is 505. The summed E-state index contributed by atoms with van der Waals surface area (Å²) in [7, 11) is 2.91. The maximum Gasteiger partial charge on any atom is 0.410 e. The number of esters is 1. The van der Waals surface area contributed by atoms with Crippen molar-refractivity contribution in [3.8, 4) is 0 Å². The summed E-state index contributed by atoms with van der Waals surface area (Å²) in [6.45, 7) is 0.911. The predicted octanol–water partition coefficient (Wildman–Crippen LogP) is 1.83. The van der Waals surface area contributed by atoms with Crippen LogP contribution >= 0.6 is 0 Å². The number of hydrogen-bond acceptors (Lipinski definition) is 5. The van der Waals surface area contributed by atoms with Crippen LogP contribution in [0, 0.1) is 5.92 Å². The highest BCUT2D eigenvalue weighted by atomic mass is 16.6.